The van der Waals surface area contributed by atoms with Crippen LogP contribution in [-0.4, -0.2) is 28.9 Å². The number of nitrogens with one attached hydrogen (secondary N) is 1. The third-order valence-corrected chi connectivity index (χ3v) is 6.01. The van der Waals surface area contributed by atoms with E-state index in [0.717, 1.165) is 41.3 Å². The molecule has 0 bridgehead atoms. The number of carbonyl (C=O) groups is 1. The van der Waals surface area contributed by atoms with Gasteiger partial charge in [0.25, 0.3) is 5.91 Å². The topological polar surface area (TPSA) is 45.2 Å². The molecule has 150 valence electrons. The van der Waals surface area contributed by atoms with Crippen LogP contribution in [0.2, 0.25) is 0 Å². The van der Waals surface area contributed by atoms with Crippen molar-refractivity contribution in [2.24, 2.45) is 0 Å². The van der Waals surface area contributed by atoms with Crippen molar-refractivity contribution >= 4 is 27.6 Å². The minimum Gasteiger partial charge on any atom is -0.348 e. The molecule has 1 aliphatic heterocycles. The van der Waals surface area contributed by atoms with Gasteiger partial charge in [0.2, 0.25) is 0 Å². The summed E-state index contributed by atoms with van der Waals surface area (Å²) in [6, 6.07) is 22.5. The summed E-state index contributed by atoms with van der Waals surface area (Å²) in [5.41, 5.74) is 3.84. The maximum absolute atomic E-state index is 13.2. The monoisotopic (exact) mass is 395 g/mol. The van der Waals surface area contributed by atoms with Crippen LogP contribution in [0.25, 0.3) is 21.7 Å². The largest absolute Gasteiger partial charge is 0.348 e. The lowest BCUT2D eigenvalue weighted by Gasteiger charge is -2.18. The molecule has 1 amide bonds. The number of pyridine rings is 1. The van der Waals surface area contributed by atoms with Crippen molar-refractivity contribution in [2.45, 2.75) is 25.9 Å². The number of nitrogens with zero attached hydrogens (tertiary/aromatic N) is 2. The van der Waals surface area contributed by atoms with E-state index in [4.69, 9.17) is 0 Å². The van der Waals surface area contributed by atoms with Gasteiger partial charge in [-0.15, -0.1) is 0 Å². The number of carbonyl (C=O) groups excluding carboxylic acids is 1. The van der Waals surface area contributed by atoms with Gasteiger partial charge >= 0.3 is 0 Å². The first-order valence-corrected chi connectivity index (χ1v) is 10.6. The summed E-state index contributed by atoms with van der Waals surface area (Å²) in [6.07, 6.45) is 4.31. The number of hydrogen-bond donors (Lipinski definition) is 1. The van der Waals surface area contributed by atoms with Crippen LogP contribution in [0.3, 0.4) is 0 Å². The van der Waals surface area contributed by atoms with Crippen LogP contribution >= 0.6 is 0 Å². The molecule has 1 saturated heterocycles. The van der Waals surface area contributed by atoms with Gasteiger partial charge in [0.1, 0.15) is 0 Å². The molecule has 0 spiro atoms. The molecule has 0 saturated carbocycles. The van der Waals surface area contributed by atoms with Gasteiger partial charge in [-0.25, -0.2) is 0 Å². The molecule has 3 aromatic carbocycles. The summed E-state index contributed by atoms with van der Waals surface area (Å²) in [5, 5.41) is 6.32. The second-order valence-electron chi connectivity index (χ2n) is 7.98. The fourth-order valence-corrected chi connectivity index (χ4v) is 4.44. The lowest BCUT2D eigenvalue weighted by Crippen LogP contribution is -2.25. The molecule has 4 heteroatoms. The number of fused-ring (bicyclic) bond motifs is 3. The van der Waals surface area contributed by atoms with Gasteiger partial charge in [-0.1, -0.05) is 54.6 Å². The van der Waals surface area contributed by atoms with Gasteiger partial charge in [0.05, 0.1) is 11.1 Å². The molecule has 5 rings (SSSR count). The average molecular weight is 396 g/mol. The Kier molecular flexibility index (Phi) is 5.16. The van der Waals surface area contributed by atoms with Gasteiger partial charge in [0, 0.05) is 24.7 Å². The maximum Gasteiger partial charge on any atom is 0.253 e. The number of rotatable bonds is 5. The first-order valence-electron chi connectivity index (χ1n) is 10.6. The second-order valence-corrected chi connectivity index (χ2v) is 7.98. The Bertz CT molecular complexity index is 1210. The quantitative estimate of drug-likeness (QED) is 0.488. The van der Waals surface area contributed by atoms with Crippen LogP contribution < -0.4 is 5.32 Å². The Balaban J connectivity index is 1.42. The molecule has 0 radical (unpaired) electrons. The van der Waals surface area contributed by atoms with E-state index in [1.807, 2.05) is 42.5 Å². The number of likely N-dealkylation sites (tertiary alicyclic amines) is 1. The van der Waals surface area contributed by atoms with Crippen molar-refractivity contribution in [3.8, 4) is 0 Å². The Morgan fingerprint density at radius 3 is 2.50 bits per heavy atom. The first-order chi connectivity index (χ1) is 14.8. The number of amides is 1. The van der Waals surface area contributed by atoms with Gasteiger partial charge in [-0.2, -0.15) is 0 Å². The molecule has 1 aromatic heterocycles. The maximum atomic E-state index is 13.2. The minimum absolute atomic E-state index is 0.0829. The molecule has 0 aliphatic carbocycles. The smallest absolute Gasteiger partial charge is 0.253 e. The highest BCUT2D eigenvalue weighted by Gasteiger charge is 2.16. The molecule has 1 N–H and O–H groups in total. The molecule has 1 fully saturated rings. The summed E-state index contributed by atoms with van der Waals surface area (Å²) in [4.78, 5) is 20.2. The van der Waals surface area contributed by atoms with E-state index >= 15 is 0 Å². The fraction of sp³-hybridized carbons (Fsp3) is 0.231. The molecule has 1 aliphatic rings. The summed E-state index contributed by atoms with van der Waals surface area (Å²) in [6.45, 7) is 3.79. The fourth-order valence-electron chi connectivity index (χ4n) is 4.44. The van der Waals surface area contributed by atoms with Gasteiger partial charge in [0.15, 0.2) is 0 Å². The molecule has 0 unspecified atom stereocenters. The Morgan fingerprint density at radius 1 is 0.900 bits per heavy atom. The van der Waals surface area contributed by atoms with E-state index < -0.39 is 0 Å². The summed E-state index contributed by atoms with van der Waals surface area (Å²) in [7, 11) is 0. The number of benzene rings is 3. The lowest BCUT2D eigenvalue weighted by molar-refractivity contribution is 0.0952. The highest BCUT2D eigenvalue weighted by atomic mass is 16.1. The molecule has 4 nitrogen and oxygen atoms in total. The first kappa shape index (κ1) is 18.8. The number of aromatic nitrogens is 1. The molecule has 30 heavy (non-hydrogen) atoms. The van der Waals surface area contributed by atoms with Crippen LogP contribution in [0.5, 0.6) is 0 Å². The van der Waals surface area contributed by atoms with E-state index in [0.29, 0.717) is 12.1 Å². The van der Waals surface area contributed by atoms with Crippen molar-refractivity contribution in [3.05, 3.63) is 89.6 Å². The highest BCUT2D eigenvalue weighted by molar-refractivity contribution is 6.15. The summed E-state index contributed by atoms with van der Waals surface area (Å²) >= 11 is 0. The molecular formula is C26H25N3O. The molecule has 2 heterocycles. The van der Waals surface area contributed by atoms with Crippen LogP contribution in [0, 0.1) is 0 Å². The molecular weight excluding hydrogens is 370 g/mol. The predicted molar refractivity (Wildman–Crippen MR) is 121 cm³/mol. The van der Waals surface area contributed by atoms with Crippen LogP contribution in [0.15, 0.2) is 72.9 Å². The van der Waals surface area contributed by atoms with Crippen LogP contribution in [0.4, 0.5) is 0 Å². The average Bonchev–Trinajstić information content (AvgIpc) is 3.31. The van der Waals surface area contributed by atoms with Crippen molar-refractivity contribution in [3.63, 3.8) is 0 Å². The Hall–Kier alpha value is -3.24. The predicted octanol–water partition coefficient (Wildman–Crippen LogP) is 4.91. The SMILES string of the molecule is O=C(NCc1ccccc1CN1CCCC1)c1cc2ccccc2c2cccnc12. The third-order valence-electron chi connectivity index (χ3n) is 6.01. The van der Waals surface area contributed by atoms with E-state index in [-0.39, 0.29) is 5.91 Å². The summed E-state index contributed by atoms with van der Waals surface area (Å²) in [5.74, 6) is -0.0829. The third kappa shape index (κ3) is 3.66. The molecule has 4 aromatic rings. The van der Waals surface area contributed by atoms with E-state index in [9.17, 15) is 4.79 Å². The lowest BCUT2D eigenvalue weighted by atomic mass is 10.00. The minimum atomic E-state index is -0.0829. The zero-order valence-electron chi connectivity index (χ0n) is 17.0. The number of hydrogen-bond acceptors (Lipinski definition) is 3. The van der Waals surface area contributed by atoms with Crippen molar-refractivity contribution < 1.29 is 4.79 Å². The zero-order valence-corrected chi connectivity index (χ0v) is 17.0. The van der Waals surface area contributed by atoms with Crippen molar-refractivity contribution in [1.82, 2.24) is 15.2 Å². The van der Waals surface area contributed by atoms with Gasteiger partial charge in [-0.05, 0) is 60.0 Å². The van der Waals surface area contributed by atoms with Gasteiger partial charge in [-0.3, -0.25) is 14.7 Å². The second kappa shape index (κ2) is 8.25. The Morgan fingerprint density at radius 2 is 1.63 bits per heavy atom. The zero-order chi connectivity index (χ0) is 20.3. The summed E-state index contributed by atoms with van der Waals surface area (Å²) < 4.78 is 0. The highest BCUT2D eigenvalue weighted by Crippen LogP contribution is 2.27. The van der Waals surface area contributed by atoms with Crippen molar-refractivity contribution in [1.29, 1.82) is 0 Å². The molecule has 0 atom stereocenters. The normalized spacial score (nSPS) is 14.4. The van der Waals surface area contributed by atoms with E-state index in [2.05, 4.69) is 39.5 Å². The van der Waals surface area contributed by atoms with E-state index in [1.165, 1.54) is 24.0 Å². The standard InChI is InChI=1S/C26H25N3O/c30-26(28-17-20-9-1-2-10-21(20)18-29-14-5-6-15-29)24-16-19-8-3-4-11-22(19)23-12-7-13-27-25(23)24/h1-4,7-13,16H,5-6,14-15,17-18H2,(H,28,30). The Labute approximate surface area is 176 Å². The van der Waals surface area contributed by atoms with Crippen molar-refractivity contribution in [2.75, 3.05) is 13.1 Å². The van der Waals surface area contributed by atoms with Gasteiger partial charge < -0.3 is 5.32 Å². The van der Waals surface area contributed by atoms with Crippen LogP contribution in [0.1, 0.15) is 34.3 Å². The van der Waals surface area contributed by atoms with Crippen LogP contribution in [-0.2, 0) is 13.1 Å². The van der Waals surface area contributed by atoms with E-state index in [1.54, 1.807) is 6.20 Å².